The first-order valence-electron chi connectivity index (χ1n) is 11.6. The number of methoxy groups -OCH3 is 2. The molecule has 1 aromatic carbocycles. The Bertz CT molecular complexity index is 993. The first-order chi connectivity index (χ1) is 16.3. The molecule has 0 radical (unpaired) electrons. The van der Waals surface area contributed by atoms with E-state index in [0.29, 0.717) is 35.6 Å². The van der Waals surface area contributed by atoms with Gasteiger partial charge in [-0.1, -0.05) is 26.0 Å². The summed E-state index contributed by atoms with van der Waals surface area (Å²) in [6.45, 7) is 6.62. The lowest BCUT2D eigenvalue weighted by Crippen LogP contribution is -2.43. The molecule has 1 aliphatic heterocycles. The summed E-state index contributed by atoms with van der Waals surface area (Å²) in [5, 5.41) is 3.25. The third-order valence-electron chi connectivity index (χ3n) is 6.17. The lowest BCUT2D eigenvalue weighted by molar-refractivity contribution is -0.151. The van der Waals surface area contributed by atoms with Crippen LogP contribution in [0.25, 0.3) is 0 Å². The van der Waals surface area contributed by atoms with Gasteiger partial charge in [0.1, 0.15) is 18.3 Å². The number of benzene rings is 1. The summed E-state index contributed by atoms with van der Waals surface area (Å²) in [5.74, 6) is -2.58. The Balaban J connectivity index is 2.07. The third kappa shape index (κ3) is 5.17. The molecule has 184 valence electrons. The maximum Gasteiger partial charge on any atom is 0.336 e. The molecule has 0 saturated carbocycles. The van der Waals surface area contributed by atoms with Crippen LogP contribution in [0.3, 0.4) is 0 Å². The van der Waals surface area contributed by atoms with Gasteiger partial charge in [-0.2, -0.15) is 0 Å². The minimum atomic E-state index is -0.927. The van der Waals surface area contributed by atoms with Gasteiger partial charge in [-0.25, -0.2) is 4.79 Å². The van der Waals surface area contributed by atoms with E-state index in [1.807, 2.05) is 38.1 Å². The van der Waals surface area contributed by atoms with Crippen LogP contribution >= 0.6 is 0 Å². The summed E-state index contributed by atoms with van der Waals surface area (Å²) in [5.41, 5.74) is 2.82. The highest BCUT2D eigenvalue weighted by molar-refractivity contribution is 6.12. The van der Waals surface area contributed by atoms with E-state index in [-0.39, 0.29) is 24.9 Å². The lowest BCUT2D eigenvalue weighted by atomic mass is 9.69. The summed E-state index contributed by atoms with van der Waals surface area (Å²) >= 11 is 0. The number of hydrogen-bond donors (Lipinski definition) is 1. The first-order valence-corrected chi connectivity index (χ1v) is 11.6. The molecule has 0 bridgehead atoms. The normalized spacial score (nSPS) is 22.1. The highest BCUT2D eigenvalue weighted by Gasteiger charge is 2.47. The molecule has 3 atom stereocenters. The number of rotatable bonds is 9. The zero-order valence-electron chi connectivity index (χ0n) is 20.4. The van der Waals surface area contributed by atoms with E-state index >= 15 is 0 Å². The molecular weight excluding hydrogens is 438 g/mol. The number of allylic oxidation sites excluding steroid dienone is 3. The molecule has 0 spiro atoms. The fourth-order valence-corrected chi connectivity index (χ4v) is 4.56. The maximum absolute atomic E-state index is 13.7. The molecule has 8 nitrogen and oxygen atoms in total. The van der Waals surface area contributed by atoms with E-state index in [1.165, 1.54) is 14.2 Å². The van der Waals surface area contributed by atoms with Gasteiger partial charge in [0.05, 0.1) is 25.9 Å². The maximum atomic E-state index is 13.7. The van der Waals surface area contributed by atoms with Crippen molar-refractivity contribution in [3.05, 3.63) is 52.4 Å². The third-order valence-corrected chi connectivity index (χ3v) is 6.17. The zero-order valence-corrected chi connectivity index (χ0v) is 20.4. The molecule has 1 heterocycles. The number of ketones is 1. The van der Waals surface area contributed by atoms with Gasteiger partial charge in [-0.3, -0.25) is 9.59 Å². The predicted molar refractivity (Wildman–Crippen MR) is 125 cm³/mol. The second-order valence-corrected chi connectivity index (χ2v) is 8.58. The van der Waals surface area contributed by atoms with Crippen molar-refractivity contribution in [3.8, 4) is 5.75 Å². The van der Waals surface area contributed by atoms with Gasteiger partial charge in [-0.05, 0) is 43.4 Å². The highest BCUT2D eigenvalue weighted by Crippen LogP contribution is 2.45. The van der Waals surface area contributed by atoms with Crippen molar-refractivity contribution >= 4 is 17.7 Å². The molecule has 0 amide bonds. The molecule has 0 unspecified atom stereocenters. The van der Waals surface area contributed by atoms with Crippen LogP contribution in [0.15, 0.2) is 46.8 Å². The highest BCUT2D eigenvalue weighted by atomic mass is 16.6. The van der Waals surface area contributed by atoms with Crippen molar-refractivity contribution in [1.82, 2.24) is 5.32 Å². The number of Topliss-reactive ketones (excluding diaryl/α,β-unsaturated/α-hetero) is 1. The van der Waals surface area contributed by atoms with Crippen molar-refractivity contribution in [2.45, 2.75) is 39.5 Å². The molecule has 2 aliphatic rings. The Morgan fingerprint density at radius 1 is 1.09 bits per heavy atom. The average molecular weight is 472 g/mol. The molecule has 3 rings (SSSR count). The van der Waals surface area contributed by atoms with Crippen molar-refractivity contribution < 1.29 is 33.3 Å². The smallest absolute Gasteiger partial charge is 0.336 e. The van der Waals surface area contributed by atoms with Crippen molar-refractivity contribution in [1.29, 1.82) is 0 Å². The molecule has 34 heavy (non-hydrogen) atoms. The SMILES string of the molecule is CCCOc1ccc([C@@H]2C(C(=O)OCCOC)=C(C)NC3=C2C(=O)[C@H](C(=O)OC)[C@H](C)C3)cc1. The standard InChI is InChI=1S/C26H33NO7/c1-6-11-33-18-9-7-17(8-10-18)22-21(26(30)34-13-12-31-4)16(3)27-19-14-15(2)20(25(29)32-5)24(28)23(19)22/h7-10,15,20,22,27H,6,11-14H2,1-5H3/t15-,20-,22-/m1/s1. The van der Waals surface area contributed by atoms with Crippen LogP contribution in [0.1, 0.15) is 45.1 Å². The van der Waals surface area contributed by atoms with Crippen LogP contribution < -0.4 is 10.1 Å². The predicted octanol–water partition coefficient (Wildman–Crippen LogP) is 3.28. The number of nitrogens with one attached hydrogen (secondary N) is 1. The van der Waals surface area contributed by atoms with Crippen LogP contribution in [-0.2, 0) is 28.6 Å². The van der Waals surface area contributed by atoms with Crippen molar-refractivity contribution in [2.75, 3.05) is 34.0 Å². The van der Waals surface area contributed by atoms with Crippen LogP contribution in [-0.4, -0.2) is 51.8 Å². The molecular formula is C26H33NO7. The second kappa shape index (κ2) is 11.3. The summed E-state index contributed by atoms with van der Waals surface area (Å²) in [6, 6.07) is 7.34. The Kier molecular flexibility index (Phi) is 8.50. The van der Waals surface area contributed by atoms with Gasteiger partial charge in [-0.15, -0.1) is 0 Å². The summed E-state index contributed by atoms with van der Waals surface area (Å²) in [7, 11) is 2.80. The summed E-state index contributed by atoms with van der Waals surface area (Å²) in [4.78, 5) is 39.3. The van der Waals surface area contributed by atoms with E-state index in [9.17, 15) is 14.4 Å². The Hall–Kier alpha value is -3.13. The average Bonchev–Trinajstić information content (AvgIpc) is 2.82. The number of dihydropyridines is 1. The fourth-order valence-electron chi connectivity index (χ4n) is 4.56. The van der Waals surface area contributed by atoms with Gasteiger partial charge < -0.3 is 24.3 Å². The van der Waals surface area contributed by atoms with E-state index in [4.69, 9.17) is 18.9 Å². The molecule has 0 aromatic heterocycles. The number of carbonyl (C=O) groups is 3. The van der Waals surface area contributed by atoms with Crippen LogP contribution in [0, 0.1) is 11.8 Å². The van der Waals surface area contributed by atoms with Gasteiger partial charge in [0.25, 0.3) is 0 Å². The van der Waals surface area contributed by atoms with E-state index in [2.05, 4.69) is 5.32 Å². The van der Waals surface area contributed by atoms with Crippen molar-refractivity contribution in [2.24, 2.45) is 11.8 Å². The largest absolute Gasteiger partial charge is 0.494 e. The first kappa shape index (κ1) is 25.5. The number of esters is 2. The summed E-state index contributed by atoms with van der Waals surface area (Å²) in [6.07, 6.45) is 1.37. The van der Waals surface area contributed by atoms with E-state index < -0.39 is 23.8 Å². The molecule has 1 aliphatic carbocycles. The Morgan fingerprint density at radius 3 is 2.41 bits per heavy atom. The number of hydrogen-bond acceptors (Lipinski definition) is 8. The number of carbonyl (C=O) groups excluding carboxylic acids is 3. The van der Waals surface area contributed by atoms with Gasteiger partial charge in [0.15, 0.2) is 5.78 Å². The molecule has 1 aromatic rings. The monoisotopic (exact) mass is 471 g/mol. The topological polar surface area (TPSA) is 100 Å². The lowest BCUT2D eigenvalue weighted by Gasteiger charge is -2.38. The van der Waals surface area contributed by atoms with Gasteiger partial charge >= 0.3 is 11.9 Å². The molecule has 0 fully saturated rings. The second-order valence-electron chi connectivity index (χ2n) is 8.58. The quantitative estimate of drug-likeness (QED) is 0.333. The summed E-state index contributed by atoms with van der Waals surface area (Å²) < 4.78 is 21.1. The van der Waals surface area contributed by atoms with E-state index in [1.54, 1.807) is 6.92 Å². The minimum absolute atomic E-state index is 0.0876. The number of ether oxygens (including phenoxy) is 4. The van der Waals surface area contributed by atoms with Gasteiger partial charge in [0, 0.05) is 30.0 Å². The Morgan fingerprint density at radius 2 is 1.79 bits per heavy atom. The van der Waals surface area contributed by atoms with Crippen LogP contribution in [0.4, 0.5) is 0 Å². The van der Waals surface area contributed by atoms with Crippen LogP contribution in [0.5, 0.6) is 5.75 Å². The fraction of sp³-hybridized carbons (Fsp3) is 0.500. The Labute approximate surface area is 200 Å². The molecule has 0 saturated heterocycles. The molecule has 8 heteroatoms. The molecule has 1 N–H and O–H groups in total. The van der Waals surface area contributed by atoms with Crippen LogP contribution in [0.2, 0.25) is 0 Å². The van der Waals surface area contributed by atoms with Gasteiger partial charge in [0.2, 0.25) is 0 Å². The minimum Gasteiger partial charge on any atom is -0.494 e. The van der Waals surface area contributed by atoms with Crippen molar-refractivity contribution in [3.63, 3.8) is 0 Å². The zero-order chi connectivity index (χ0) is 24.8. The van der Waals surface area contributed by atoms with E-state index in [0.717, 1.165) is 17.7 Å².